The fourth-order valence-electron chi connectivity index (χ4n) is 3.53. The topological polar surface area (TPSA) is 52.0 Å². The molecule has 2 heteroatoms. The number of para-hydroxylation sites is 2. The van der Waals surface area contributed by atoms with E-state index in [1.807, 2.05) is 72.8 Å². The zero-order valence-corrected chi connectivity index (χ0v) is 15.5. The van der Waals surface area contributed by atoms with Crippen molar-refractivity contribution in [2.24, 2.45) is 0 Å². The van der Waals surface area contributed by atoms with Crippen molar-refractivity contribution in [2.75, 3.05) is 11.5 Å². The van der Waals surface area contributed by atoms with Crippen LogP contribution in [0.4, 0.5) is 11.4 Å². The van der Waals surface area contributed by atoms with Crippen molar-refractivity contribution in [3.05, 3.63) is 131 Å². The quantitative estimate of drug-likeness (QED) is 0.353. The zero-order valence-electron chi connectivity index (χ0n) is 15.5. The number of rotatable bonds is 4. The van der Waals surface area contributed by atoms with Gasteiger partial charge in [-0.2, -0.15) is 0 Å². The molecule has 0 bridgehead atoms. The van der Waals surface area contributed by atoms with Gasteiger partial charge in [0.15, 0.2) is 0 Å². The average molecular weight is 362 g/mol. The van der Waals surface area contributed by atoms with Crippen molar-refractivity contribution >= 4 is 22.5 Å². The highest BCUT2D eigenvalue weighted by atomic mass is 14.6. The summed E-state index contributed by atoms with van der Waals surface area (Å²) >= 11 is 0. The summed E-state index contributed by atoms with van der Waals surface area (Å²) in [5.74, 6) is 0. The smallest absolute Gasteiger partial charge is 0.0394 e. The second-order valence-corrected chi connectivity index (χ2v) is 6.66. The monoisotopic (exact) mass is 362 g/mol. The first-order valence-electron chi connectivity index (χ1n) is 9.30. The lowest BCUT2D eigenvalue weighted by Gasteiger charge is -2.20. The molecule has 0 atom stereocenters. The van der Waals surface area contributed by atoms with Gasteiger partial charge in [-0.25, -0.2) is 0 Å². The number of hydrogen-bond donors (Lipinski definition) is 2. The number of anilines is 2. The summed E-state index contributed by atoms with van der Waals surface area (Å²) in [6.45, 7) is 0. The molecule has 0 saturated heterocycles. The van der Waals surface area contributed by atoms with Crippen molar-refractivity contribution in [1.82, 2.24) is 0 Å². The Bertz CT molecular complexity index is 1020. The molecule has 0 amide bonds. The molecule has 0 spiro atoms. The largest absolute Gasteiger partial charge is 0.398 e. The van der Waals surface area contributed by atoms with E-state index in [4.69, 9.17) is 11.5 Å². The van der Waals surface area contributed by atoms with E-state index in [-0.39, 0.29) is 0 Å². The summed E-state index contributed by atoms with van der Waals surface area (Å²) < 4.78 is 0. The van der Waals surface area contributed by atoms with E-state index < -0.39 is 0 Å². The van der Waals surface area contributed by atoms with Gasteiger partial charge >= 0.3 is 0 Å². The Labute approximate surface area is 165 Å². The van der Waals surface area contributed by atoms with E-state index in [1.165, 1.54) is 0 Å². The third-order valence-corrected chi connectivity index (χ3v) is 4.84. The van der Waals surface area contributed by atoms with Gasteiger partial charge in [-0.1, -0.05) is 97.1 Å². The van der Waals surface area contributed by atoms with Gasteiger partial charge < -0.3 is 11.5 Å². The van der Waals surface area contributed by atoms with Crippen LogP contribution in [0.2, 0.25) is 0 Å². The van der Waals surface area contributed by atoms with Gasteiger partial charge in [-0.3, -0.25) is 0 Å². The molecule has 0 unspecified atom stereocenters. The van der Waals surface area contributed by atoms with Crippen molar-refractivity contribution in [2.45, 2.75) is 0 Å². The number of hydrogen-bond acceptors (Lipinski definition) is 2. The normalized spacial score (nSPS) is 11.7. The standard InChI is InChI=1S/C26H22N2/c27-23-17-9-7-15-21(23)25(19-11-3-1-4-12-19)26(20-13-5-2-6-14-20)22-16-8-10-18-24(22)28/h1-18H,27-28H2. The Morgan fingerprint density at radius 3 is 1.07 bits per heavy atom. The molecule has 0 fully saturated rings. The van der Waals surface area contributed by atoms with Crippen LogP contribution in [0.25, 0.3) is 11.1 Å². The second kappa shape index (κ2) is 7.85. The predicted molar refractivity (Wildman–Crippen MR) is 120 cm³/mol. The highest BCUT2D eigenvalue weighted by molar-refractivity contribution is 6.08. The van der Waals surface area contributed by atoms with Crippen molar-refractivity contribution < 1.29 is 0 Å². The van der Waals surface area contributed by atoms with Crippen molar-refractivity contribution in [3.8, 4) is 0 Å². The fraction of sp³-hybridized carbons (Fsp3) is 0. The SMILES string of the molecule is Nc1ccccc1C(=C(c1ccccc1)c1ccccc1N)c1ccccc1. The van der Waals surface area contributed by atoms with Crippen LogP contribution >= 0.6 is 0 Å². The summed E-state index contributed by atoms with van der Waals surface area (Å²) in [6.07, 6.45) is 0. The fourth-order valence-corrected chi connectivity index (χ4v) is 3.53. The Balaban J connectivity index is 2.16. The summed E-state index contributed by atoms with van der Waals surface area (Å²) in [5.41, 5.74) is 20.7. The van der Waals surface area contributed by atoms with Crippen LogP contribution in [-0.2, 0) is 0 Å². The lowest BCUT2D eigenvalue weighted by Crippen LogP contribution is -2.02. The number of nitrogen functional groups attached to an aromatic ring is 2. The van der Waals surface area contributed by atoms with Crippen LogP contribution in [-0.4, -0.2) is 0 Å². The Morgan fingerprint density at radius 1 is 0.393 bits per heavy atom. The highest BCUT2D eigenvalue weighted by Crippen LogP contribution is 2.40. The molecular weight excluding hydrogens is 340 g/mol. The van der Waals surface area contributed by atoms with Gasteiger partial charge in [0.1, 0.15) is 0 Å². The number of benzene rings is 4. The van der Waals surface area contributed by atoms with Crippen LogP contribution < -0.4 is 11.5 Å². The zero-order chi connectivity index (χ0) is 19.3. The molecule has 0 aliphatic heterocycles. The maximum Gasteiger partial charge on any atom is 0.0394 e. The van der Waals surface area contributed by atoms with Crippen LogP contribution in [0.5, 0.6) is 0 Å². The van der Waals surface area contributed by atoms with Gasteiger partial charge in [0.2, 0.25) is 0 Å². The van der Waals surface area contributed by atoms with E-state index in [1.54, 1.807) is 0 Å². The van der Waals surface area contributed by atoms with E-state index in [0.29, 0.717) is 0 Å². The molecule has 4 N–H and O–H groups in total. The van der Waals surface area contributed by atoms with Gasteiger partial charge in [-0.15, -0.1) is 0 Å². The third kappa shape index (κ3) is 3.40. The maximum atomic E-state index is 6.43. The lowest BCUT2D eigenvalue weighted by molar-refractivity contribution is 1.50. The summed E-state index contributed by atoms with van der Waals surface area (Å²) in [5, 5.41) is 0. The average Bonchev–Trinajstić information content (AvgIpc) is 2.75. The first kappa shape index (κ1) is 17.6. The molecule has 0 radical (unpaired) electrons. The predicted octanol–water partition coefficient (Wildman–Crippen LogP) is 5.86. The van der Waals surface area contributed by atoms with Crippen LogP contribution in [0.3, 0.4) is 0 Å². The molecule has 28 heavy (non-hydrogen) atoms. The summed E-state index contributed by atoms with van der Waals surface area (Å²) in [6, 6.07) is 36.7. The molecular formula is C26H22N2. The minimum Gasteiger partial charge on any atom is -0.398 e. The first-order chi connectivity index (χ1) is 13.8. The van der Waals surface area contributed by atoms with Gasteiger partial charge in [0.25, 0.3) is 0 Å². The van der Waals surface area contributed by atoms with Crippen LogP contribution in [0, 0.1) is 0 Å². The second-order valence-electron chi connectivity index (χ2n) is 6.66. The molecule has 4 rings (SSSR count). The van der Waals surface area contributed by atoms with Crippen LogP contribution in [0.1, 0.15) is 22.3 Å². The molecule has 0 saturated carbocycles. The Kier molecular flexibility index (Phi) is 4.94. The van der Waals surface area contributed by atoms with E-state index >= 15 is 0 Å². The molecule has 0 aliphatic rings. The van der Waals surface area contributed by atoms with Gasteiger partial charge in [0.05, 0.1) is 0 Å². The van der Waals surface area contributed by atoms with Crippen molar-refractivity contribution in [1.29, 1.82) is 0 Å². The molecule has 4 aromatic rings. The minimum atomic E-state index is 0.740. The Hall–Kier alpha value is -3.78. The van der Waals surface area contributed by atoms with Gasteiger partial charge in [-0.05, 0) is 34.4 Å². The maximum absolute atomic E-state index is 6.43. The van der Waals surface area contributed by atoms with Gasteiger partial charge in [0, 0.05) is 22.5 Å². The summed E-state index contributed by atoms with van der Waals surface area (Å²) in [7, 11) is 0. The van der Waals surface area contributed by atoms with E-state index in [9.17, 15) is 0 Å². The molecule has 136 valence electrons. The van der Waals surface area contributed by atoms with E-state index in [2.05, 4.69) is 36.4 Å². The summed E-state index contributed by atoms with van der Waals surface area (Å²) in [4.78, 5) is 0. The first-order valence-corrected chi connectivity index (χ1v) is 9.30. The van der Waals surface area contributed by atoms with E-state index in [0.717, 1.165) is 44.8 Å². The molecule has 0 aromatic heterocycles. The molecule has 0 heterocycles. The highest BCUT2D eigenvalue weighted by Gasteiger charge is 2.18. The lowest BCUT2D eigenvalue weighted by atomic mass is 9.84. The Morgan fingerprint density at radius 2 is 0.714 bits per heavy atom. The third-order valence-electron chi connectivity index (χ3n) is 4.84. The number of nitrogens with two attached hydrogens (primary N) is 2. The molecule has 2 nitrogen and oxygen atoms in total. The van der Waals surface area contributed by atoms with Crippen LogP contribution in [0.15, 0.2) is 109 Å². The molecule has 4 aromatic carbocycles. The van der Waals surface area contributed by atoms with Crippen molar-refractivity contribution in [3.63, 3.8) is 0 Å². The molecule has 0 aliphatic carbocycles. The minimum absolute atomic E-state index is 0.740.